The van der Waals surface area contributed by atoms with Gasteiger partial charge in [-0.3, -0.25) is 0 Å². The van der Waals surface area contributed by atoms with Crippen LogP contribution in [0.5, 0.6) is 0 Å². The zero-order chi connectivity index (χ0) is 29.0. The summed E-state index contributed by atoms with van der Waals surface area (Å²) in [6, 6.07) is 46.9. The maximum atomic E-state index is 6.33. The Balaban J connectivity index is 1.37. The Morgan fingerprint density at radius 2 is 0.909 bits per heavy atom. The maximum Gasteiger partial charge on any atom is 0.165 e. The molecule has 0 atom stereocenters. The van der Waals surface area contributed by atoms with Crippen LogP contribution in [-0.4, -0.2) is 15.0 Å². The van der Waals surface area contributed by atoms with Crippen LogP contribution in [0.1, 0.15) is 0 Å². The van der Waals surface area contributed by atoms with Gasteiger partial charge in [-0.05, 0) is 53.6 Å². The van der Waals surface area contributed by atoms with Crippen molar-refractivity contribution in [2.24, 2.45) is 0 Å². The monoisotopic (exact) mass is 565 g/mol. The lowest BCUT2D eigenvalue weighted by atomic mass is 9.94. The van der Waals surface area contributed by atoms with Gasteiger partial charge in [-0.25, -0.2) is 15.0 Å². The van der Waals surface area contributed by atoms with Crippen molar-refractivity contribution in [2.75, 3.05) is 0 Å². The number of furan rings is 2. The van der Waals surface area contributed by atoms with Gasteiger partial charge in [0.15, 0.2) is 17.5 Å². The zero-order valence-corrected chi connectivity index (χ0v) is 23.4. The van der Waals surface area contributed by atoms with E-state index in [4.69, 9.17) is 23.8 Å². The van der Waals surface area contributed by atoms with Crippen molar-refractivity contribution in [3.05, 3.63) is 140 Å². The highest BCUT2D eigenvalue weighted by Gasteiger charge is 2.22. The third-order valence-corrected chi connectivity index (χ3v) is 8.15. The molecule has 0 saturated carbocycles. The van der Waals surface area contributed by atoms with E-state index in [1.807, 2.05) is 91.0 Å². The molecule has 9 aromatic rings. The van der Waals surface area contributed by atoms with Crippen LogP contribution < -0.4 is 0 Å². The van der Waals surface area contributed by atoms with Crippen molar-refractivity contribution in [1.29, 1.82) is 0 Å². The van der Waals surface area contributed by atoms with Crippen molar-refractivity contribution in [3.8, 4) is 45.3 Å². The number of fused-ring (bicyclic) bond motifs is 6. The smallest absolute Gasteiger partial charge is 0.165 e. The second kappa shape index (κ2) is 9.75. The average Bonchev–Trinajstić information content (AvgIpc) is 3.66. The minimum absolute atomic E-state index is 0.585. The first-order valence-corrected chi connectivity index (χ1v) is 14.5. The Hall–Kier alpha value is -6.07. The zero-order valence-electron chi connectivity index (χ0n) is 23.4. The van der Waals surface area contributed by atoms with Crippen LogP contribution in [0.25, 0.3) is 89.2 Å². The molecule has 3 heterocycles. The van der Waals surface area contributed by atoms with Crippen LogP contribution in [0, 0.1) is 0 Å². The Morgan fingerprint density at radius 1 is 0.364 bits per heavy atom. The number of hydrogen-bond donors (Lipinski definition) is 0. The van der Waals surface area contributed by atoms with Crippen LogP contribution in [-0.2, 0) is 0 Å². The summed E-state index contributed by atoms with van der Waals surface area (Å²) in [5, 5.41) is 4.08. The number of para-hydroxylation sites is 2. The summed E-state index contributed by atoms with van der Waals surface area (Å²) in [5.74, 6) is 1.78. The summed E-state index contributed by atoms with van der Waals surface area (Å²) in [4.78, 5) is 15.4. The molecule has 6 aromatic carbocycles. The molecule has 0 amide bonds. The van der Waals surface area contributed by atoms with Gasteiger partial charge in [0.25, 0.3) is 0 Å². The largest absolute Gasteiger partial charge is 0.456 e. The first-order valence-electron chi connectivity index (χ1n) is 14.5. The van der Waals surface area contributed by atoms with Gasteiger partial charge in [-0.15, -0.1) is 0 Å². The summed E-state index contributed by atoms with van der Waals surface area (Å²) in [7, 11) is 0. The van der Waals surface area contributed by atoms with Gasteiger partial charge in [-0.1, -0.05) is 97.1 Å². The standard InChI is InChI=1S/C39H23N3O2/c1-3-11-24(12-4-1)27-20-22-34-35(29-16-8-10-18-32(29)44-34)36(27)39-41-37(25-13-5-2-6-14-25)40-38(42-39)26-19-21-33-30(23-26)28-15-7-9-17-31(28)43-33/h1-23H. The molecule has 0 unspecified atom stereocenters. The molecule has 206 valence electrons. The van der Waals surface area contributed by atoms with Crippen molar-refractivity contribution < 1.29 is 8.83 Å². The first kappa shape index (κ1) is 24.5. The predicted octanol–water partition coefficient (Wildman–Crippen LogP) is 10.3. The van der Waals surface area contributed by atoms with Crippen LogP contribution in [0.2, 0.25) is 0 Å². The van der Waals surface area contributed by atoms with E-state index in [1.54, 1.807) is 0 Å². The fraction of sp³-hybridized carbons (Fsp3) is 0. The molecule has 0 saturated heterocycles. The highest BCUT2D eigenvalue weighted by Crippen LogP contribution is 2.42. The molecule has 0 bridgehead atoms. The predicted molar refractivity (Wildman–Crippen MR) is 176 cm³/mol. The summed E-state index contributed by atoms with van der Waals surface area (Å²) < 4.78 is 12.4. The van der Waals surface area contributed by atoms with Crippen molar-refractivity contribution >= 4 is 43.9 Å². The van der Waals surface area contributed by atoms with E-state index >= 15 is 0 Å². The fourth-order valence-corrected chi connectivity index (χ4v) is 6.11. The van der Waals surface area contributed by atoms with Crippen LogP contribution in [0.4, 0.5) is 0 Å². The molecule has 0 N–H and O–H groups in total. The normalized spacial score (nSPS) is 11.6. The van der Waals surface area contributed by atoms with E-state index in [0.717, 1.165) is 71.7 Å². The maximum absolute atomic E-state index is 6.33. The second-order valence-corrected chi connectivity index (χ2v) is 10.8. The Morgan fingerprint density at radius 3 is 1.68 bits per heavy atom. The van der Waals surface area contributed by atoms with Crippen molar-refractivity contribution in [1.82, 2.24) is 15.0 Å². The minimum Gasteiger partial charge on any atom is -0.456 e. The number of benzene rings is 6. The summed E-state index contributed by atoms with van der Waals surface area (Å²) in [5.41, 5.74) is 8.10. The molecule has 9 rings (SSSR count). The van der Waals surface area contributed by atoms with Crippen LogP contribution in [0.3, 0.4) is 0 Å². The van der Waals surface area contributed by atoms with Gasteiger partial charge >= 0.3 is 0 Å². The Bertz CT molecular complexity index is 2500. The van der Waals surface area contributed by atoms with E-state index in [2.05, 4.69) is 48.5 Å². The van der Waals surface area contributed by atoms with Gasteiger partial charge < -0.3 is 8.83 Å². The van der Waals surface area contributed by atoms with Gasteiger partial charge in [0.1, 0.15) is 22.3 Å². The quantitative estimate of drug-likeness (QED) is 0.212. The average molecular weight is 566 g/mol. The lowest BCUT2D eigenvalue weighted by Gasteiger charge is -2.13. The minimum atomic E-state index is 0.585. The lowest BCUT2D eigenvalue weighted by Crippen LogP contribution is -2.01. The summed E-state index contributed by atoms with van der Waals surface area (Å²) >= 11 is 0. The second-order valence-electron chi connectivity index (χ2n) is 10.8. The molecule has 0 radical (unpaired) electrons. The number of hydrogen-bond acceptors (Lipinski definition) is 5. The number of nitrogens with zero attached hydrogens (tertiary/aromatic N) is 3. The summed E-state index contributed by atoms with van der Waals surface area (Å²) in [6.45, 7) is 0. The van der Waals surface area contributed by atoms with Crippen LogP contribution in [0.15, 0.2) is 148 Å². The fourth-order valence-electron chi connectivity index (χ4n) is 6.11. The molecule has 44 heavy (non-hydrogen) atoms. The SMILES string of the molecule is c1ccc(-c2nc(-c3ccc4oc5ccccc5c4c3)nc(-c3c(-c4ccccc4)ccc4oc5ccccc5c34)n2)cc1. The third kappa shape index (κ3) is 3.91. The molecule has 0 aliphatic heterocycles. The molecule has 0 aliphatic carbocycles. The molecule has 0 spiro atoms. The molecule has 5 nitrogen and oxygen atoms in total. The first-order chi connectivity index (χ1) is 21.8. The van der Waals surface area contributed by atoms with Crippen LogP contribution >= 0.6 is 0 Å². The van der Waals surface area contributed by atoms with Crippen molar-refractivity contribution in [2.45, 2.75) is 0 Å². The van der Waals surface area contributed by atoms with E-state index in [0.29, 0.717) is 17.5 Å². The van der Waals surface area contributed by atoms with E-state index in [1.165, 1.54) is 0 Å². The topological polar surface area (TPSA) is 65.0 Å². The van der Waals surface area contributed by atoms with E-state index < -0.39 is 0 Å². The molecule has 0 fully saturated rings. The van der Waals surface area contributed by atoms with Gasteiger partial charge in [0, 0.05) is 38.2 Å². The van der Waals surface area contributed by atoms with Gasteiger partial charge in [0.05, 0.1) is 0 Å². The number of aromatic nitrogens is 3. The highest BCUT2D eigenvalue weighted by atomic mass is 16.3. The van der Waals surface area contributed by atoms with Gasteiger partial charge in [-0.2, -0.15) is 0 Å². The Kier molecular flexibility index (Phi) is 5.43. The summed E-state index contributed by atoms with van der Waals surface area (Å²) in [6.07, 6.45) is 0. The van der Waals surface area contributed by atoms with E-state index in [-0.39, 0.29) is 0 Å². The molecule has 5 heteroatoms. The highest BCUT2D eigenvalue weighted by molar-refractivity contribution is 6.15. The van der Waals surface area contributed by atoms with E-state index in [9.17, 15) is 0 Å². The lowest BCUT2D eigenvalue weighted by molar-refractivity contribution is 0.668. The molecular weight excluding hydrogens is 542 g/mol. The molecule has 3 aromatic heterocycles. The number of rotatable bonds is 4. The Labute approximate surface area is 252 Å². The van der Waals surface area contributed by atoms with Crippen molar-refractivity contribution in [3.63, 3.8) is 0 Å². The van der Waals surface area contributed by atoms with Gasteiger partial charge in [0.2, 0.25) is 0 Å². The third-order valence-electron chi connectivity index (χ3n) is 8.15. The molecule has 0 aliphatic rings. The molecular formula is C39H23N3O2.